The number of rotatable bonds is 7. The van der Waals surface area contributed by atoms with E-state index in [0.29, 0.717) is 0 Å². The van der Waals surface area contributed by atoms with E-state index in [4.69, 9.17) is 0 Å². The van der Waals surface area contributed by atoms with Crippen molar-refractivity contribution in [3.63, 3.8) is 0 Å². The first-order valence-corrected chi connectivity index (χ1v) is 8.14. The average Bonchev–Trinajstić information content (AvgIpc) is 2.83. The summed E-state index contributed by atoms with van der Waals surface area (Å²) in [5, 5.41) is 3.63. The maximum Gasteiger partial charge on any atom is 0.0359 e. The molecule has 1 aliphatic rings. The van der Waals surface area contributed by atoms with Gasteiger partial charge in [0.25, 0.3) is 0 Å². The fraction of sp³-hybridized carbons (Fsp3) is 0.765. The normalized spacial score (nSPS) is 23.7. The predicted octanol–water partition coefficient (Wildman–Crippen LogP) is 4.20. The van der Waals surface area contributed by atoms with Gasteiger partial charge >= 0.3 is 0 Å². The lowest BCUT2D eigenvalue weighted by molar-refractivity contribution is 0.267. The van der Waals surface area contributed by atoms with Gasteiger partial charge in [0, 0.05) is 25.0 Å². The molecule has 0 bridgehead atoms. The second-order valence-electron chi connectivity index (χ2n) is 6.30. The fourth-order valence-corrected chi connectivity index (χ4v) is 3.41. The largest absolute Gasteiger partial charge is 0.350 e. The molecular formula is C17H30N2. The molecule has 0 spiro atoms. The highest BCUT2D eigenvalue weighted by Crippen LogP contribution is 2.30. The monoisotopic (exact) mass is 262 g/mol. The van der Waals surface area contributed by atoms with Gasteiger partial charge in [-0.1, -0.05) is 33.1 Å². The van der Waals surface area contributed by atoms with Crippen molar-refractivity contribution in [1.29, 1.82) is 0 Å². The van der Waals surface area contributed by atoms with E-state index in [1.165, 1.54) is 50.8 Å². The van der Waals surface area contributed by atoms with Gasteiger partial charge < -0.3 is 9.88 Å². The zero-order valence-electron chi connectivity index (χ0n) is 12.7. The van der Waals surface area contributed by atoms with E-state index < -0.39 is 0 Å². The predicted molar refractivity (Wildman–Crippen MR) is 82.2 cm³/mol. The van der Waals surface area contributed by atoms with Crippen LogP contribution in [0.4, 0.5) is 0 Å². The molecule has 0 radical (unpaired) electrons. The maximum atomic E-state index is 3.63. The first-order chi connectivity index (χ1) is 9.29. The van der Waals surface area contributed by atoms with E-state index in [1.807, 2.05) is 0 Å². The van der Waals surface area contributed by atoms with Crippen LogP contribution in [0.15, 0.2) is 18.3 Å². The molecule has 1 aromatic rings. The number of aromatic nitrogens is 1. The third-order valence-electron chi connectivity index (χ3n) is 4.47. The fourth-order valence-electron chi connectivity index (χ4n) is 3.41. The zero-order chi connectivity index (χ0) is 13.5. The molecule has 2 rings (SSSR count). The molecule has 2 unspecified atom stereocenters. The summed E-state index contributed by atoms with van der Waals surface area (Å²) in [6.07, 6.45) is 10.6. The standard InChI is InChI=1S/C17H30N2/c1-3-11-19-12-5-8-17(19)14-18-10-9-16-7-4-6-15(2)13-16/h5,8,12,15-16,18H,3-4,6-7,9-11,13-14H2,1-2H3. The topological polar surface area (TPSA) is 17.0 Å². The van der Waals surface area contributed by atoms with Crippen molar-refractivity contribution in [2.75, 3.05) is 6.54 Å². The van der Waals surface area contributed by atoms with Crippen molar-refractivity contribution in [1.82, 2.24) is 9.88 Å². The Labute approximate surface area is 118 Å². The van der Waals surface area contributed by atoms with Gasteiger partial charge in [0.15, 0.2) is 0 Å². The minimum Gasteiger partial charge on any atom is -0.350 e. The van der Waals surface area contributed by atoms with Crippen LogP contribution in [0.25, 0.3) is 0 Å². The van der Waals surface area contributed by atoms with Gasteiger partial charge in [-0.3, -0.25) is 0 Å². The Bertz CT molecular complexity index is 356. The van der Waals surface area contributed by atoms with E-state index >= 15 is 0 Å². The van der Waals surface area contributed by atoms with Gasteiger partial charge in [0.05, 0.1) is 0 Å². The minimum absolute atomic E-state index is 0.959. The maximum absolute atomic E-state index is 3.63. The summed E-state index contributed by atoms with van der Waals surface area (Å²) < 4.78 is 2.37. The quantitative estimate of drug-likeness (QED) is 0.729. The van der Waals surface area contributed by atoms with E-state index in [9.17, 15) is 0 Å². The Balaban J connectivity index is 1.64. The Morgan fingerprint density at radius 3 is 3.05 bits per heavy atom. The summed E-state index contributed by atoms with van der Waals surface area (Å²) in [5.41, 5.74) is 1.43. The van der Waals surface area contributed by atoms with Gasteiger partial charge in [-0.05, 0) is 49.8 Å². The van der Waals surface area contributed by atoms with Gasteiger partial charge in [-0.2, -0.15) is 0 Å². The smallest absolute Gasteiger partial charge is 0.0359 e. The minimum atomic E-state index is 0.959. The van der Waals surface area contributed by atoms with Crippen molar-refractivity contribution >= 4 is 0 Å². The number of nitrogens with one attached hydrogen (secondary N) is 1. The lowest BCUT2D eigenvalue weighted by Crippen LogP contribution is -2.22. The molecule has 0 aliphatic heterocycles. The summed E-state index contributed by atoms with van der Waals surface area (Å²) >= 11 is 0. The van der Waals surface area contributed by atoms with Crippen LogP contribution in [0.3, 0.4) is 0 Å². The Morgan fingerprint density at radius 1 is 1.37 bits per heavy atom. The summed E-state index contributed by atoms with van der Waals surface area (Å²) in [7, 11) is 0. The Hall–Kier alpha value is -0.760. The number of hydrogen-bond donors (Lipinski definition) is 1. The van der Waals surface area contributed by atoms with Crippen LogP contribution in [0.1, 0.15) is 58.1 Å². The highest BCUT2D eigenvalue weighted by atomic mass is 15.0. The van der Waals surface area contributed by atoms with Crippen LogP contribution < -0.4 is 5.32 Å². The van der Waals surface area contributed by atoms with Crippen molar-refractivity contribution in [2.45, 2.75) is 65.5 Å². The molecule has 0 saturated heterocycles. The van der Waals surface area contributed by atoms with Crippen LogP contribution >= 0.6 is 0 Å². The molecule has 1 N–H and O–H groups in total. The lowest BCUT2D eigenvalue weighted by atomic mass is 9.81. The first-order valence-electron chi connectivity index (χ1n) is 8.14. The molecule has 1 heterocycles. The molecule has 1 fully saturated rings. The molecular weight excluding hydrogens is 232 g/mol. The van der Waals surface area contributed by atoms with Crippen molar-refractivity contribution in [3.8, 4) is 0 Å². The summed E-state index contributed by atoms with van der Waals surface area (Å²) in [6, 6.07) is 4.40. The SMILES string of the molecule is CCCn1cccc1CNCCC1CCCC(C)C1. The summed E-state index contributed by atoms with van der Waals surface area (Å²) in [6.45, 7) is 7.99. The van der Waals surface area contributed by atoms with Crippen molar-refractivity contribution in [2.24, 2.45) is 11.8 Å². The van der Waals surface area contributed by atoms with Crippen LogP contribution in [0.5, 0.6) is 0 Å². The summed E-state index contributed by atoms with van der Waals surface area (Å²) in [4.78, 5) is 0. The van der Waals surface area contributed by atoms with Gasteiger partial charge in [0.1, 0.15) is 0 Å². The molecule has 19 heavy (non-hydrogen) atoms. The second-order valence-corrected chi connectivity index (χ2v) is 6.30. The highest BCUT2D eigenvalue weighted by Gasteiger charge is 2.18. The zero-order valence-corrected chi connectivity index (χ0v) is 12.7. The molecule has 2 nitrogen and oxygen atoms in total. The van der Waals surface area contributed by atoms with E-state index in [0.717, 1.165) is 24.9 Å². The molecule has 1 saturated carbocycles. The molecule has 0 amide bonds. The first kappa shape index (κ1) is 14.6. The van der Waals surface area contributed by atoms with Crippen molar-refractivity contribution < 1.29 is 0 Å². The van der Waals surface area contributed by atoms with Crippen LogP contribution in [-0.2, 0) is 13.1 Å². The van der Waals surface area contributed by atoms with E-state index in [2.05, 4.69) is 42.1 Å². The highest BCUT2D eigenvalue weighted by molar-refractivity contribution is 5.06. The third kappa shape index (κ3) is 4.68. The Morgan fingerprint density at radius 2 is 2.26 bits per heavy atom. The third-order valence-corrected chi connectivity index (χ3v) is 4.47. The van der Waals surface area contributed by atoms with E-state index in [-0.39, 0.29) is 0 Å². The van der Waals surface area contributed by atoms with Crippen LogP contribution in [-0.4, -0.2) is 11.1 Å². The Kier molecular flexibility index (Phi) is 5.96. The van der Waals surface area contributed by atoms with Gasteiger partial charge in [-0.15, -0.1) is 0 Å². The van der Waals surface area contributed by atoms with Gasteiger partial charge in [-0.25, -0.2) is 0 Å². The molecule has 2 atom stereocenters. The van der Waals surface area contributed by atoms with Crippen LogP contribution in [0, 0.1) is 11.8 Å². The molecule has 1 aliphatic carbocycles. The lowest BCUT2D eigenvalue weighted by Gasteiger charge is -2.26. The molecule has 0 aromatic carbocycles. The van der Waals surface area contributed by atoms with Gasteiger partial charge in [0.2, 0.25) is 0 Å². The second kappa shape index (κ2) is 7.74. The molecule has 2 heteroatoms. The number of hydrogen-bond acceptors (Lipinski definition) is 1. The van der Waals surface area contributed by atoms with Crippen LogP contribution in [0.2, 0.25) is 0 Å². The number of aryl methyl sites for hydroxylation is 1. The number of nitrogens with zero attached hydrogens (tertiary/aromatic N) is 1. The van der Waals surface area contributed by atoms with Crippen molar-refractivity contribution in [3.05, 3.63) is 24.0 Å². The molecule has 108 valence electrons. The van der Waals surface area contributed by atoms with E-state index in [1.54, 1.807) is 0 Å². The average molecular weight is 262 g/mol. The summed E-state index contributed by atoms with van der Waals surface area (Å²) in [5.74, 6) is 1.93. The molecule has 1 aromatic heterocycles.